The van der Waals surface area contributed by atoms with Gasteiger partial charge in [0.25, 0.3) is 0 Å². The van der Waals surface area contributed by atoms with Gasteiger partial charge in [0.1, 0.15) is 0 Å². The zero-order valence-electron chi connectivity index (χ0n) is 11.7. The third kappa shape index (κ3) is 2.67. The van der Waals surface area contributed by atoms with Crippen LogP contribution in [0.1, 0.15) is 12.8 Å². The molecule has 8 nitrogen and oxygen atoms in total. The number of ether oxygens (including phenoxy) is 1. The second kappa shape index (κ2) is 5.51. The van der Waals surface area contributed by atoms with Crippen molar-refractivity contribution in [3.8, 4) is 0 Å². The van der Waals surface area contributed by atoms with Crippen LogP contribution in [0, 0.1) is 0 Å². The van der Waals surface area contributed by atoms with Crippen LogP contribution in [0.5, 0.6) is 0 Å². The highest BCUT2D eigenvalue weighted by atomic mass is 16.5. The molecule has 0 radical (unpaired) electrons. The summed E-state index contributed by atoms with van der Waals surface area (Å²) in [6, 6.07) is -0.0324. The summed E-state index contributed by atoms with van der Waals surface area (Å²) in [5, 5.41) is 8.98. The van der Waals surface area contributed by atoms with Crippen LogP contribution in [-0.2, 0) is 14.3 Å². The van der Waals surface area contributed by atoms with Crippen LogP contribution in [-0.4, -0.2) is 89.2 Å². The van der Waals surface area contributed by atoms with Gasteiger partial charge < -0.3 is 24.5 Å². The summed E-state index contributed by atoms with van der Waals surface area (Å²) in [5.74, 6) is -0.872. The van der Waals surface area contributed by atoms with Gasteiger partial charge in [0, 0.05) is 38.6 Å². The maximum Gasteiger partial charge on any atom is 0.334 e. The third-order valence-corrected chi connectivity index (χ3v) is 4.38. The lowest BCUT2D eigenvalue weighted by molar-refractivity contribution is -0.154. The molecule has 116 valence electrons. The molecule has 8 heteroatoms. The molecule has 3 saturated heterocycles. The van der Waals surface area contributed by atoms with Crippen molar-refractivity contribution in [3.05, 3.63) is 0 Å². The minimum Gasteiger partial charge on any atom is -0.479 e. The van der Waals surface area contributed by atoms with E-state index in [0.29, 0.717) is 32.6 Å². The molecule has 3 heterocycles. The fourth-order valence-electron chi connectivity index (χ4n) is 3.21. The summed E-state index contributed by atoms with van der Waals surface area (Å²) >= 11 is 0. The Morgan fingerprint density at radius 1 is 1.14 bits per heavy atom. The first kappa shape index (κ1) is 14.1. The van der Waals surface area contributed by atoms with Crippen molar-refractivity contribution in [1.82, 2.24) is 14.7 Å². The van der Waals surface area contributed by atoms with Crippen molar-refractivity contribution >= 4 is 17.9 Å². The number of morpholine rings is 1. The minimum atomic E-state index is -1.04. The Kier molecular flexibility index (Phi) is 3.71. The van der Waals surface area contributed by atoms with Gasteiger partial charge in [0.05, 0.1) is 13.2 Å². The highest BCUT2D eigenvalue weighted by Gasteiger charge is 2.39. The van der Waals surface area contributed by atoms with Crippen molar-refractivity contribution in [2.45, 2.75) is 25.0 Å². The van der Waals surface area contributed by atoms with Crippen LogP contribution in [0.4, 0.5) is 4.79 Å². The molecule has 2 unspecified atom stereocenters. The Bertz CT molecular complexity index is 469. The van der Waals surface area contributed by atoms with Gasteiger partial charge in [0.2, 0.25) is 5.91 Å². The van der Waals surface area contributed by atoms with Gasteiger partial charge in [0.15, 0.2) is 6.10 Å². The van der Waals surface area contributed by atoms with E-state index in [1.807, 2.05) is 4.90 Å². The molecule has 3 fully saturated rings. The highest BCUT2D eigenvalue weighted by molar-refractivity contribution is 5.80. The van der Waals surface area contributed by atoms with E-state index in [4.69, 9.17) is 9.84 Å². The summed E-state index contributed by atoms with van der Waals surface area (Å²) in [4.78, 5) is 40.2. The topological polar surface area (TPSA) is 90.4 Å². The second-order valence-electron chi connectivity index (χ2n) is 5.65. The zero-order valence-corrected chi connectivity index (χ0v) is 11.7. The van der Waals surface area contributed by atoms with Crippen molar-refractivity contribution in [2.24, 2.45) is 0 Å². The minimum absolute atomic E-state index is 0.0813. The first-order valence-electron chi connectivity index (χ1n) is 7.24. The van der Waals surface area contributed by atoms with E-state index in [-0.39, 0.29) is 31.1 Å². The van der Waals surface area contributed by atoms with E-state index in [1.54, 1.807) is 4.90 Å². The number of carbonyl (C=O) groups excluding carboxylic acids is 2. The molecule has 3 aliphatic rings. The first-order chi connectivity index (χ1) is 10.1. The van der Waals surface area contributed by atoms with Crippen molar-refractivity contribution in [1.29, 1.82) is 0 Å². The number of piperazine rings is 1. The normalized spacial score (nSPS) is 29.5. The van der Waals surface area contributed by atoms with E-state index < -0.39 is 12.1 Å². The molecular weight excluding hydrogens is 278 g/mol. The molecule has 3 rings (SSSR count). The summed E-state index contributed by atoms with van der Waals surface area (Å²) < 4.78 is 5.13. The molecule has 21 heavy (non-hydrogen) atoms. The van der Waals surface area contributed by atoms with Crippen LogP contribution < -0.4 is 0 Å². The van der Waals surface area contributed by atoms with Crippen LogP contribution in [0.25, 0.3) is 0 Å². The highest BCUT2D eigenvalue weighted by Crippen LogP contribution is 2.23. The van der Waals surface area contributed by atoms with Gasteiger partial charge in [-0.1, -0.05) is 0 Å². The molecule has 1 N–H and O–H groups in total. The molecule has 3 amide bonds. The van der Waals surface area contributed by atoms with Gasteiger partial charge in [-0.15, -0.1) is 0 Å². The van der Waals surface area contributed by atoms with Crippen LogP contribution >= 0.6 is 0 Å². The SMILES string of the molecule is O=C(O)C1CN(C(=O)N2CCN3C(=O)CCC3C2)CCO1. The Labute approximate surface area is 122 Å². The Hall–Kier alpha value is -1.83. The van der Waals surface area contributed by atoms with Gasteiger partial charge in [-0.05, 0) is 6.42 Å². The zero-order chi connectivity index (χ0) is 15.0. The van der Waals surface area contributed by atoms with Crippen molar-refractivity contribution in [3.63, 3.8) is 0 Å². The molecular formula is C13H19N3O5. The lowest BCUT2D eigenvalue weighted by Crippen LogP contribution is -2.58. The molecule has 0 bridgehead atoms. The number of hydrogen-bond donors (Lipinski definition) is 1. The molecule has 3 aliphatic heterocycles. The fourth-order valence-corrected chi connectivity index (χ4v) is 3.21. The van der Waals surface area contributed by atoms with E-state index in [2.05, 4.69) is 0 Å². The molecule has 0 saturated carbocycles. The van der Waals surface area contributed by atoms with Gasteiger partial charge >= 0.3 is 12.0 Å². The number of fused-ring (bicyclic) bond motifs is 1. The standard InChI is InChI=1S/C13H19N3O5/c17-11-2-1-9-7-14(3-4-16(9)11)13(20)15-5-6-21-10(8-15)12(18)19/h9-10H,1-8H2,(H,18,19). The number of carboxylic acid groups (broad SMARTS) is 1. The Balaban J connectivity index is 1.60. The largest absolute Gasteiger partial charge is 0.479 e. The van der Waals surface area contributed by atoms with E-state index >= 15 is 0 Å². The number of hydrogen-bond acceptors (Lipinski definition) is 4. The van der Waals surface area contributed by atoms with Crippen LogP contribution in [0.15, 0.2) is 0 Å². The third-order valence-electron chi connectivity index (χ3n) is 4.38. The predicted molar refractivity (Wildman–Crippen MR) is 70.7 cm³/mol. The number of urea groups is 1. The Morgan fingerprint density at radius 3 is 2.67 bits per heavy atom. The maximum atomic E-state index is 12.5. The lowest BCUT2D eigenvalue weighted by Gasteiger charge is -2.41. The number of nitrogens with zero attached hydrogens (tertiary/aromatic N) is 3. The van der Waals surface area contributed by atoms with Crippen molar-refractivity contribution < 1.29 is 24.2 Å². The number of rotatable bonds is 1. The summed E-state index contributed by atoms with van der Waals surface area (Å²) in [5.41, 5.74) is 0. The van der Waals surface area contributed by atoms with Crippen LogP contribution in [0.3, 0.4) is 0 Å². The number of amides is 3. The van der Waals surface area contributed by atoms with Gasteiger partial charge in [-0.3, -0.25) is 4.79 Å². The maximum absolute atomic E-state index is 12.5. The molecule has 2 atom stereocenters. The lowest BCUT2D eigenvalue weighted by atomic mass is 10.1. The number of carbonyl (C=O) groups is 3. The molecule has 0 aromatic heterocycles. The average molecular weight is 297 g/mol. The molecule has 0 aliphatic carbocycles. The smallest absolute Gasteiger partial charge is 0.334 e. The van der Waals surface area contributed by atoms with E-state index in [1.165, 1.54) is 4.90 Å². The first-order valence-corrected chi connectivity index (χ1v) is 7.24. The second-order valence-corrected chi connectivity index (χ2v) is 5.65. The Morgan fingerprint density at radius 2 is 1.90 bits per heavy atom. The average Bonchev–Trinajstić information content (AvgIpc) is 2.87. The molecule has 0 spiro atoms. The molecule has 0 aromatic carbocycles. The van der Waals surface area contributed by atoms with E-state index in [0.717, 1.165) is 6.42 Å². The van der Waals surface area contributed by atoms with Crippen LogP contribution in [0.2, 0.25) is 0 Å². The molecule has 0 aromatic rings. The number of carboxylic acids is 1. The quantitative estimate of drug-likeness (QED) is 0.684. The summed E-state index contributed by atoms with van der Waals surface area (Å²) in [7, 11) is 0. The summed E-state index contributed by atoms with van der Waals surface area (Å²) in [6.45, 7) is 2.35. The van der Waals surface area contributed by atoms with Crippen molar-refractivity contribution in [2.75, 3.05) is 39.3 Å². The predicted octanol–water partition coefficient (Wildman–Crippen LogP) is -0.802. The van der Waals surface area contributed by atoms with E-state index in [9.17, 15) is 14.4 Å². The monoisotopic (exact) mass is 297 g/mol. The fraction of sp³-hybridized carbons (Fsp3) is 0.769. The van der Waals surface area contributed by atoms with Gasteiger partial charge in [-0.25, -0.2) is 9.59 Å². The number of aliphatic carboxylic acids is 1. The summed E-state index contributed by atoms with van der Waals surface area (Å²) in [6.07, 6.45) is 0.409. The van der Waals surface area contributed by atoms with Gasteiger partial charge in [-0.2, -0.15) is 0 Å².